The summed E-state index contributed by atoms with van der Waals surface area (Å²) in [6, 6.07) is 3.17. The molecule has 0 aromatic heterocycles. The van der Waals surface area contributed by atoms with E-state index >= 15 is 0 Å². The van der Waals surface area contributed by atoms with E-state index in [0.717, 1.165) is 0 Å². The van der Waals surface area contributed by atoms with Crippen molar-refractivity contribution in [1.29, 1.82) is 0 Å². The Bertz CT molecular complexity index is 484. The van der Waals surface area contributed by atoms with E-state index in [9.17, 15) is 4.79 Å². The molecule has 0 spiro atoms. The number of carbonyl (C=O) groups excluding carboxylic acids is 1. The normalized spacial score (nSPS) is 9.67. The number of terminal acetylenes is 1. The molecule has 6 heteroatoms. The van der Waals surface area contributed by atoms with Crippen molar-refractivity contribution in [3.8, 4) is 18.1 Å². The van der Waals surface area contributed by atoms with E-state index < -0.39 is 0 Å². The van der Waals surface area contributed by atoms with Crippen LogP contribution in [-0.4, -0.2) is 19.1 Å². The van der Waals surface area contributed by atoms with Gasteiger partial charge in [-0.2, -0.15) is 0 Å². The van der Waals surface area contributed by atoms with Crippen molar-refractivity contribution >= 4 is 29.1 Å². The van der Waals surface area contributed by atoms with Gasteiger partial charge in [-0.05, 0) is 12.1 Å². The van der Waals surface area contributed by atoms with Gasteiger partial charge in [-0.25, -0.2) is 0 Å². The molecule has 0 aliphatic heterocycles. The Labute approximate surface area is 115 Å². The SMILES string of the molecule is C#CCNC(=O)COc1c(Cl)cc(Cl)cc1CN. The van der Waals surface area contributed by atoms with Crippen molar-refractivity contribution in [1.82, 2.24) is 5.32 Å². The summed E-state index contributed by atoms with van der Waals surface area (Å²) in [5.41, 5.74) is 6.19. The van der Waals surface area contributed by atoms with Crippen molar-refractivity contribution in [2.75, 3.05) is 13.2 Å². The predicted octanol–water partition coefficient (Wildman–Crippen LogP) is 1.58. The van der Waals surface area contributed by atoms with Crippen molar-refractivity contribution in [2.45, 2.75) is 6.54 Å². The van der Waals surface area contributed by atoms with E-state index in [1.807, 2.05) is 0 Å². The van der Waals surface area contributed by atoms with Gasteiger partial charge in [-0.1, -0.05) is 29.1 Å². The van der Waals surface area contributed by atoms with Gasteiger partial charge in [0.1, 0.15) is 5.75 Å². The first-order valence-electron chi connectivity index (χ1n) is 5.09. The summed E-state index contributed by atoms with van der Waals surface area (Å²) in [7, 11) is 0. The fourth-order valence-electron chi connectivity index (χ4n) is 1.27. The highest BCUT2D eigenvalue weighted by molar-refractivity contribution is 6.35. The van der Waals surface area contributed by atoms with Crippen LogP contribution in [0.1, 0.15) is 5.56 Å². The third-order valence-electron chi connectivity index (χ3n) is 2.04. The second-order valence-electron chi connectivity index (χ2n) is 3.35. The Balaban J connectivity index is 2.73. The Morgan fingerprint density at radius 2 is 2.22 bits per heavy atom. The third-order valence-corrected chi connectivity index (χ3v) is 2.54. The summed E-state index contributed by atoms with van der Waals surface area (Å²) < 4.78 is 5.32. The van der Waals surface area contributed by atoms with E-state index in [4.69, 9.17) is 40.1 Å². The summed E-state index contributed by atoms with van der Waals surface area (Å²) in [6.45, 7) is 0.178. The number of carbonyl (C=O) groups is 1. The average molecular weight is 287 g/mol. The fraction of sp³-hybridized carbons (Fsp3) is 0.250. The highest BCUT2D eigenvalue weighted by Gasteiger charge is 2.11. The first kappa shape index (κ1) is 14.7. The number of rotatable bonds is 5. The molecule has 0 radical (unpaired) electrons. The second kappa shape index (κ2) is 7.12. The Hall–Kier alpha value is -1.41. The van der Waals surface area contributed by atoms with Crippen LogP contribution >= 0.6 is 23.2 Å². The molecule has 96 valence electrons. The highest BCUT2D eigenvalue weighted by atomic mass is 35.5. The Kier molecular flexibility index (Phi) is 5.79. The van der Waals surface area contributed by atoms with Gasteiger partial charge in [0.05, 0.1) is 11.6 Å². The molecular weight excluding hydrogens is 275 g/mol. The molecule has 0 aliphatic carbocycles. The summed E-state index contributed by atoms with van der Waals surface area (Å²) in [5.74, 6) is 2.32. The molecule has 1 amide bonds. The summed E-state index contributed by atoms with van der Waals surface area (Å²) >= 11 is 11.8. The number of benzene rings is 1. The van der Waals surface area contributed by atoms with Gasteiger partial charge in [0.25, 0.3) is 5.91 Å². The van der Waals surface area contributed by atoms with E-state index in [1.165, 1.54) is 6.07 Å². The standard InChI is InChI=1S/C12H12Cl2N2O2/c1-2-3-16-11(17)7-18-12-8(6-15)4-9(13)5-10(12)14/h1,4-5H,3,6-7,15H2,(H,16,17). The molecule has 0 saturated heterocycles. The molecule has 0 atom stereocenters. The molecule has 0 unspecified atom stereocenters. The van der Waals surface area contributed by atoms with E-state index in [1.54, 1.807) is 6.07 Å². The highest BCUT2D eigenvalue weighted by Crippen LogP contribution is 2.32. The lowest BCUT2D eigenvalue weighted by atomic mass is 10.2. The van der Waals surface area contributed by atoms with Crippen molar-refractivity contribution in [3.63, 3.8) is 0 Å². The van der Waals surface area contributed by atoms with Gasteiger partial charge in [0, 0.05) is 17.1 Å². The molecule has 4 nitrogen and oxygen atoms in total. The lowest BCUT2D eigenvalue weighted by Gasteiger charge is -2.12. The molecule has 0 fully saturated rings. The number of nitrogens with two attached hydrogens (primary N) is 1. The molecule has 0 bridgehead atoms. The van der Waals surface area contributed by atoms with Crippen molar-refractivity contribution < 1.29 is 9.53 Å². The van der Waals surface area contributed by atoms with Crippen LogP contribution in [0, 0.1) is 12.3 Å². The van der Waals surface area contributed by atoms with Gasteiger partial charge in [0.15, 0.2) is 6.61 Å². The van der Waals surface area contributed by atoms with Gasteiger partial charge in [0.2, 0.25) is 0 Å². The number of halogens is 2. The zero-order valence-electron chi connectivity index (χ0n) is 9.50. The Morgan fingerprint density at radius 1 is 1.50 bits per heavy atom. The zero-order chi connectivity index (χ0) is 13.5. The smallest absolute Gasteiger partial charge is 0.258 e. The maximum atomic E-state index is 11.3. The number of amides is 1. The van der Waals surface area contributed by atoms with Gasteiger partial charge in [-0.15, -0.1) is 6.42 Å². The van der Waals surface area contributed by atoms with Crippen LogP contribution in [0.15, 0.2) is 12.1 Å². The third kappa shape index (κ3) is 4.11. The van der Waals surface area contributed by atoms with E-state index in [2.05, 4.69) is 11.2 Å². The summed E-state index contributed by atoms with van der Waals surface area (Å²) in [4.78, 5) is 11.3. The molecule has 0 saturated carbocycles. The van der Waals surface area contributed by atoms with Crippen LogP contribution in [-0.2, 0) is 11.3 Å². The minimum Gasteiger partial charge on any atom is -0.482 e. The first-order chi connectivity index (χ1) is 8.58. The number of hydrogen-bond acceptors (Lipinski definition) is 3. The minimum absolute atomic E-state index is 0.153. The monoisotopic (exact) mass is 286 g/mol. The van der Waals surface area contributed by atoms with E-state index in [0.29, 0.717) is 21.4 Å². The van der Waals surface area contributed by atoms with Gasteiger partial charge >= 0.3 is 0 Å². The molecule has 3 N–H and O–H groups in total. The maximum Gasteiger partial charge on any atom is 0.258 e. The fourth-order valence-corrected chi connectivity index (χ4v) is 1.86. The second-order valence-corrected chi connectivity index (χ2v) is 4.19. The van der Waals surface area contributed by atoms with Gasteiger partial charge < -0.3 is 15.8 Å². The minimum atomic E-state index is -0.332. The van der Waals surface area contributed by atoms with Gasteiger partial charge in [-0.3, -0.25) is 4.79 Å². The quantitative estimate of drug-likeness (QED) is 0.808. The predicted molar refractivity (Wildman–Crippen MR) is 71.7 cm³/mol. The van der Waals surface area contributed by atoms with Crippen molar-refractivity contribution in [2.24, 2.45) is 5.73 Å². The molecule has 18 heavy (non-hydrogen) atoms. The van der Waals surface area contributed by atoms with Crippen molar-refractivity contribution in [3.05, 3.63) is 27.7 Å². The number of ether oxygens (including phenoxy) is 1. The number of nitrogens with one attached hydrogen (secondary N) is 1. The van der Waals surface area contributed by atoms with E-state index in [-0.39, 0.29) is 25.6 Å². The van der Waals surface area contributed by atoms with Crippen LogP contribution in [0.4, 0.5) is 0 Å². The average Bonchev–Trinajstić information content (AvgIpc) is 2.34. The van der Waals surface area contributed by atoms with Crippen LogP contribution in [0.3, 0.4) is 0 Å². The van der Waals surface area contributed by atoms with Crippen LogP contribution in [0.5, 0.6) is 5.75 Å². The molecule has 1 aromatic rings. The molecule has 0 aliphatic rings. The molecule has 0 heterocycles. The lowest BCUT2D eigenvalue weighted by molar-refractivity contribution is -0.122. The van der Waals surface area contributed by atoms with Crippen LogP contribution in [0.25, 0.3) is 0 Å². The topological polar surface area (TPSA) is 64.3 Å². The maximum absolute atomic E-state index is 11.3. The molecule has 1 aromatic carbocycles. The summed E-state index contributed by atoms with van der Waals surface area (Å²) in [5, 5.41) is 3.25. The molecule has 1 rings (SSSR count). The van der Waals surface area contributed by atoms with Crippen LogP contribution < -0.4 is 15.8 Å². The zero-order valence-corrected chi connectivity index (χ0v) is 11.0. The molecular formula is C12H12Cl2N2O2. The lowest BCUT2D eigenvalue weighted by Crippen LogP contribution is -2.29. The Morgan fingerprint density at radius 3 is 2.83 bits per heavy atom. The van der Waals surface area contributed by atoms with Crippen LogP contribution in [0.2, 0.25) is 10.0 Å². The largest absolute Gasteiger partial charge is 0.482 e. The summed E-state index contributed by atoms with van der Waals surface area (Å²) in [6.07, 6.45) is 5.01. The number of hydrogen-bond donors (Lipinski definition) is 2. The first-order valence-corrected chi connectivity index (χ1v) is 5.85.